The average molecular weight is 233 g/mol. The summed E-state index contributed by atoms with van der Waals surface area (Å²) in [6, 6.07) is 2.05. The largest absolute Gasteiger partial charge is 0.337 e. The zero-order valence-electron chi connectivity index (χ0n) is 10.4. The van der Waals surface area contributed by atoms with Crippen molar-refractivity contribution >= 4 is 0 Å². The average Bonchev–Trinajstić information content (AvgIpc) is 2.93. The third kappa shape index (κ3) is 3.42. The summed E-state index contributed by atoms with van der Waals surface area (Å²) in [5.41, 5.74) is 2.21. The molecule has 0 atom stereocenters. The van der Waals surface area contributed by atoms with Crippen LogP contribution in [-0.4, -0.2) is 25.9 Å². The van der Waals surface area contributed by atoms with E-state index in [1.807, 2.05) is 24.3 Å². The van der Waals surface area contributed by atoms with E-state index in [4.69, 9.17) is 0 Å². The summed E-state index contributed by atoms with van der Waals surface area (Å²) in [4.78, 5) is 4.35. The number of aromatic nitrogens is 4. The van der Waals surface area contributed by atoms with Crippen LogP contribution in [-0.2, 0) is 26.6 Å². The molecule has 0 saturated heterocycles. The van der Waals surface area contributed by atoms with Crippen LogP contribution in [0.2, 0.25) is 0 Å². The van der Waals surface area contributed by atoms with Gasteiger partial charge in [0.05, 0.1) is 17.7 Å². The Morgan fingerprint density at radius 2 is 2.24 bits per heavy atom. The van der Waals surface area contributed by atoms with E-state index in [0.29, 0.717) is 0 Å². The van der Waals surface area contributed by atoms with E-state index in [9.17, 15) is 0 Å². The van der Waals surface area contributed by atoms with Crippen LogP contribution in [0.25, 0.3) is 0 Å². The zero-order chi connectivity index (χ0) is 12.1. The normalized spacial score (nSPS) is 10.9. The van der Waals surface area contributed by atoms with Crippen molar-refractivity contribution in [2.24, 2.45) is 7.05 Å². The lowest BCUT2D eigenvalue weighted by Gasteiger charge is -1.99. The maximum absolute atomic E-state index is 4.35. The van der Waals surface area contributed by atoms with Gasteiger partial charge in [-0.05, 0) is 12.6 Å². The first-order valence-corrected chi connectivity index (χ1v) is 5.98. The fraction of sp³-hybridized carbons (Fsp3) is 0.500. The summed E-state index contributed by atoms with van der Waals surface area (Å²) in [6.45, 7) is 4.84. The van der Waals surface area contributed by atoms with Gasteiger partial charge in [0.25, 0.3) is 0 Å². The number of imidazole rings is 1. The Morgan fingerprint density at radius 1 is 1.35 bits per heavy atom. The van der Waals surface area contributed by atoms with E-state index < -0.39 is 0 Å². The van der Waals surface area contributed by atoms with Crippen molar-refractivity contribution in [2.75, 3.05) is 6.54 Å². The Bertz CT molecular complexity index is 457. The van der Waals surface area contributed by atoms with Gasteiger partial charge in [-0.15, -0.1) is 0 Å². The highest BCUT2D eigenvalue weighted by Gasteiger charge is 2.00. The van der Waals surface area contributed by atoms with Gasteiger partial charge in [0, 0.05) is 39.0 Å². The van der Waals surface area contributed by atoms with Crippen molar-refractivity contribution in [3.05, 3.63) is 36.2 Å². The predicted octanol–water partition coefficient (Wildman–Crippen LogP) is 0.969. The van der Waals surface area contributed by atoms with Crippen molar-refractivity contribution in [3.63, 3.8) is 0 Å². The molecule has 2 heterocycles. The van der Waals surface area contributed by atoms with Gasteiger partial charge in [-0.3, -0.25) is 4.68 Å². The molecule has 0 saturated carbocycles. The molecule has 2 aromatic rings. The first-order chi connectivity index (χ1) is 8.28. The number of rotatable bonds is 6. The first-order valence-electron chi connectivity index (χ1n) is 5.98. The summed E-state index contributed by atoms with van der Waals surface area (Å²) >= 11 is 0. The standard InChI is InChI=1S/C12H19N5/c1-3-13-8-12-9-17(10-14-12)7-5-11-4-6-16(2)15-11/h4,6,9-10,13H,3,5,7-8H2,1-2H3. The minimum atomic E-state index is 0.840. The van der Waals surface area contributed by atoms with E-state index in [2.05, 4.69) is 39.2 Å². The van der Waals surface area contributed by atoms with Gasteiger partial charge in [-0.25, -0.2) is 4.98 Å². The molecule has 0 aliphatic rings. The van der Waals surface area contributed by atoms with Crippen LogP contribution in [0.15, 0.2) is 24.8 Å². The molecule has 2 rings (SSSR count). The summed E-state index contributed by atoms with van der Waals surface area (Å²) in [7, 11) is 1.94. The lowest BCUT2D eigenvalue weighted by Crippen LogP contribution is -2.11. The molecule has 5 nitrogen and oxygen atoms in total. The Hall–Kier alpha value is -1.62. The van der Waals surface area contributed by atoms with Crippen molar-refractivity contribution in [1.82, 2.24) is 24.6 Å². The first kappa shape index (κ1) is 11.9. The van der Waals surface area contributed by atoms with Crippen molar-refractivity contribution in [1.29, 1.82) is 0 Å². The molecule has 0 bridgehead atoms. The monoisotopic (exact) mass is 233 g/mol. The fourth-order valence-electron chi connectivity index (χ4n) is 1.71. The second-order valence-electron chi connectivity index (χ2n) is 4.11. The zero-order valence-corrected chi connectivity index (χ0v) is 10.4. The number of hydrogen-bond acceptors (Lipinski definition) is 3. The summed E-state index contributed by atoms with van der Waals surface area (Å²) in [5, 5.41) is 7.62. The van der Waals surface area contributed by atoms with Gasteiger partial charge < -0.3 is 9.88 Å². The lowest BCUT2D eigenvalue weighted by molar-refractivity contribution is 0.662. The fourth-order valence-corrected chi connectivity index (χ4v) is 1.71. The second-order valence-corrected chi connectivity index (χ2v) is 4.11. The van der Waals surface area contributed by atoms with E-state index in [1.54, 1.807) is 0 Å². The van der Waals surface area contributed by atoms with E-state index >= 15 is 0 Å². The molecule has 0 aromatic carbocycles. The molecule has 92 valence electrons. The molecule has 0 amide bonds. The van der Waals surface area contributed by atoms with Crippen molar-refractivity contribution in [3.8, 4) is 0 Å². The molecule has 5 heteroatoms. The van der Waals surface area contributed by atoms with Gasteiger partial charge in [0.2, 0.25) is 0 Å². The summed E-state index contributed by atoms with van der Waals surface area (Å²) < 4.78 is 3.95. The molecule has 0 unspecified atom stereocenters. The second kappa shape index (κ2) is 5.63. The van der Waals surface area contributed by atoms with Crippen LogP contribution in [0, 0.1) is 0 Å². The Balaban J connectivity index is 1.84. The third-order valence-corrected chi connectivity index (χ3v) is 2.64. The van der Waals surface area contributed by atoms with Gasteiger partial charge in [-0.2, -0.15) is 5.10 Å². The predicted molar refractivity (Wildman–Crippen MR) is 66.5 cm³/mol. The number of nitrogens with one attached hydrogen (secondary N) is 1. The molecule has 1 N–H and O–H groups in total. The van der Waals surface area contributed by atoms with E-state index in [-0.39, 0.29) is 0 Å². The Labute approximate surface area is 101 Å². The van der Waals surface area contributed by atoms with Gasteiger partial charge in [0.15, 0.2) is 0 Å². The Morgan fingerprint density at radius 3 is 2.94 bits per heavy atom. The maximum atomic E-state index is 4.35. The molecule has 17 heavy (non-hydrogen) atoms. The number of nitrogens with zero attached hydrogens (tertiary/aromatic N) is 4. The van der Waals surface area contributed by atoms with Crippen LogP contribution in [0.5, 0.6) is 0 Å². The summed E-state index contributed by atoms with van der Waals surface area (Å²) in [5.74, 6) is 0. The minimum absolute atomic E-state index is 0.840. The smallest absolute Gasteiger partial charge is 0.0950 e. The maximum Gasteiger partial charge on any atom is 0.0950 e. The number of aryl methyl sites for hydroxylation is 3. The third-order valence-electron chi connectivity index (χ3n) is 2.64. The molecule has 0 fully saturated rings. The van der Waals surface area contributed by atoms with Crippen LogP contribution in [0.1, 0.15) is 18.3 Å². The molecular weight excluding hydrogens is 214 g/mol. The van der Waals surface area contributed by atoms with Gasteiger partial charge in [0.1, 0.15) is 0 Å². The van der Waals surface area contributed by atoms with Crippen LogP contribution < -0.4 is 5.32 Å². The molecule has 0 spiro atoms. The molecular formula is C12H19N5. The van der Waals surface area contributed by atoms with Crippen LogP contribution in [0.4, 0.5) is 0 Å². The van der Waals surface area contributed by atoms with Crippen LogP contribution in [0.3, 0.4) is 0 Å². The Kier molecular flexibility index (Phi) is 3.93. The molecule has 0 radical (unpaired) electrons. The lowest BCUT2D eigenvalue weighted by atomic mass is 10.3. The van der Waals surface area contributed by atoms with Gasteiger partial charge in [-0.1, -0.05) is 6.92 Å². The molecule has 0 aliphatic heterocycles. The topological polar surface area (TPSA) is 47.7 Å². The van der Waals surface area contributed by atoms with E-state index in [1.165, 1.54) is 0 Å². The quantitative estimate of drug-likeness (QED) is 0.808. The van der Waals surface area contributed by atoms with Crippen molar-refractivity contribution < 1.29 is 0 Å². The SMILES string of the molecule is CCNCc1cn(CCc2ccn(C)n2)cn1. The highest BCUT2D eigenvalue weighted by atomic mass is 15.2. The summed E-state index contributed by atoms with van der Waals surface area (Å²) in [6.07, 6.45) is 6.89. The van der Waals surface area contributed by atoms with Gasteiger partial charge >= 0.3 is 0 Å². The van der Waals surface area contributed by atoms with Crippen molar-refractivity contribution in [2.45, 2.75) is 26.4 Å². The van der Waals surface area contributed by atoms with Crippen LogP contribution >= 0.6 is 0 Å². The van der Waals surface area contributed by atoms with E-state index in [0.717, 1.165) is 37.4 Å². The highest BCUT2D eigenvalue weighted by Crippen LogP contribution is 2.01. The molecule has 2 aromatic heterocycles. The molecule has 0 aliphatic carbocycles. The highest BCUT2D eigenvalue weighted by molar-refractivity contribution is 5.00. The number of hydrogen-bond donors (Lipinski definition) is 1. The minimum Gasteiger partial charge on any atom is -0.337 e.